The van der Waals surface area contributed by atoms with Crippen LogP contribution in [0.4, 0.5) is 0 Å². The van der Waals surface area contributed by atoms with Crippen molar-refractivity contribution in [3.8, 4) is 0 Å². The van der Waals surface area contributed by atoms with Crippen molar-refractivity contribution in [2.75, 3.05) is 0 Å². The average Bonchev–Trinajstić information content (AvgIpc) is 1.95. The van der Waals surface area contributed by atoms with Gasteiger partial charge in [0.1, 0.15) is 6.10 Å². The van der Waals surface area contributed by atoms with Crippen molar-refractivity contribution in [1.29, 1.82) is 0 Å². The summed E-state index contributed by atoms with van der Waals surface area (Å²) in [6.45, 7) is 4.04. The molecule has 0 spiro atoms. The van der Waals surface area contributed by atoms with E-state index in [4.69, 9.17) is 16.5 Å². The van der Waals surface area contributed by atoms with E-state index in [1.807, 2.05) is 13.8 Å². The van der Waals surface area contributed by atoms with E-state index in [1.165, 1.54) is 12.8 Å². The normalized spacial score (nSPS) is 37.0. The van der Waals surface area contributed by atoms with Crippen LogP contribution in [0, 0.1) is 0 Å². The van der Waals surface area contributed by atoms with Crippen LogP contribution in [0.1, 0.15) is 39.5 Å². The van der Waals surface area contributed by atoms with Crippen LogP contribution in [0.5, 0.6) is 0 Å². The van der Waals surface area contributed by atoms with Crippen LogP contribution in [0.2, 0.25) is 0 Å². The molecule has 0 aromatic heterocycles. The molecule has 12 heavy (non-hydrogen) atoms. The summed E-state index contributed by atoms with van der Waals surface area (Å²) in [6, 6.07) is 0.188. The predicted molar refractivity (Wildman–Crippen MR) is 47.1 cm³/mol. The Bertz CT molecular complexity index is 149. The first kappa shape index (κ1) is 9.92. The molecule has 4 N–H and O–H groups in total. The van der Waals surface area contributed by atoms with Crippen molar-refractivity contribution >= 4 is 0 Å². The highest BCUT2D eigenvalue weighted by Crippen LogP contribution is 2.18. The largest absolute Gasteiger partial charge is 0.158 e. The molecule has 1 aliphatic heterocycles. The Morgan fingerprint density at radius 2 is 1.75 bits per heavy atom. The van der Waals surface area contributed by atoms with Gasteiger partial charge in [0.25, 0.3) is 0 Å². The maximum atomic E-state index is 5.77. The van der Waals surface area contributed by atoms with Crippen LogP contribution in [-0.2, 0) is 4.84 Å². The second kappa shape index (κ2) is 3.70. The Morgan fingerprint density at radius 3 is 2.42 bits per heavy atom. The highest BCUT2D eigenvalue weighted by molar-refractivity contribution is 4.56. The standard InChI is InChI=1S/C8H20N3O/c1-7-5-3-4-6-8(2)12-11(7,9)10/h7-8H,3-6,9-10H2,1-2H3/q+1. The van der Waals surface area contributed by atoms with Crippen LogP contribution in [-0.4, -0.2) is 17.0 Å². The SMILES string of the molecule is CC1CCCCC(C)[N+](N)(N)O1. The Balaban J connectivity index is 2.57. The number of nitrogens with zero attached hydrogens (tertiary/aromatic N) is 1. The molecule has 4 nitrogen and oxygen atoms in total. The summed E-state index contributed by atoms with van der Waals surface area (Å²) < 4.78 is 0. The maximum Gasteiger partial charge on any atom is 0.155 e. The minimum atomic E-state index is -0.277. The van der Waals surface area contributed by atoms with Crippen molar-refractivity contribution in [3.63, 3.8) is 0 Å². The number of hydrogen-bond acceptors (Lipinski definition) is 3. The van der Waals surface area contributed by atoms with Gasteiger partial charge in [-0.1, -0.05) is 6.42 Å². The molecule has 4 heteroatoms. The molecule has 1 fully saturated rings. The Morgan fingerprint density at radius 1 is 1.17 bits per heavy atom. The van der Waals surface area contributed by atoms with Gasteiger partial charge >= 0.3 is 0 Å². The topological polar surface area (TPSA) is 61.3 Å². The van der Waals surface area contributed by atoms with Gasteiger partial charge in [0.05, 0.1) is 0 Å². The van der Waals surface area contributed by atoms with E-state index in [0.717, 1.165) is 12.8 Å². The minimum Gasteiger partial charge on any atom is -0.158 e. The molecule has 0 bridgehead atoms. The molecular weight excluding hydrogens is 154 g/mol. The Labute approximate surface area is 73.9 Å². The lowest BCUT2D eigenvalue weighted by atomic mass is 10.1. The smallest absolute Gasteiger partial charge is 0.155 e. The molecule has 2 unspecified atom stereocenters. The molecule has 1 saturated heterocycles. The number of hydroxylamine groups is 1. The van der Waals surface area contributed by atoms with Crippen LogP contribution in [0.25, 0.3) is 0 Å². The molecule has 1 rings (SSSR count). The number of rotatable bonds is 0. The van der Waals surface area contributed by atoms with E-state index < -0.39 is 0 Å². The molecule has 0 aliphatic carbocycles. The van der Waals surface area contributed by atoms with Crippen molar-refractivity contribution in [3.05, 3.63) is 0 Å². The van der Waals surface area contributed by atoms with Crippen molar-refractivity contribution < 1.29 is 9.70 Å². The van der Waals surface area contributed by atoms with Gasteiger partial charge in [-0.2, -0.15) is 4.84 Å². The summed E-state index contributed by atoms with van der Waals surface area (Å²) in [4.78, 5) is 5.21. The van der Waals surface area contributed by atoms with Gasteiger partial charge in [0.15, 0.2) is 6.04 Å². The molecule has 0 aromatic carbocycles. The summed E-state index contributed by atoms with van der Waals surface area (Å²) in [6.07, 6.45) is 4.68. The van der Waals surface area contributed by atoms with Gasteiger partial charge in [-0.3, -0.25) is 0 Å². The van der Waals surface area contributed by atoms with Crippen LogP contribution >= 0.6 is 0 Å². The highest BCUT2D eigenvalue weighted by atomic mass is 16.8. The van der Waals surface area contributed by atoms with E-state index >= 15 is 0 Å². The average molecular weight is 174 g/mol. The first-order valence-corrected chi connectivity index (χ1v) is 4.66. The number of hydrogen-bond donors (Lipinski definition) is 2. The molecule has 2 atom stereocenters. The van der Waals surface area contributed by atoms with Gasteiger partial charge in [-0.15, -0.1) is 11.7 Å². The van der Waals surface area contributed by atoms with Crippen LogP contribution < -0.4 is 11.7 Å². The molecule has 1 aliphatic rings. The molecule has 0 amide bonds. The zero-order valence-electron chi connectivity index (χ0n) is 7.99. The van der Waals surface area contributed by atoms with Crippen molar-refractivity contribution in [2.24, 2.45) is 11.7 Å². The van der Waals surface area contributed by atoms with Gasteiger partial charge in [-0.05, 0) is 31.6 Å². The van der Waals surface area contributed by atoms with Crippen molar-refractivity contribution in [2.45, 2.75) is 51.7 Å². The van der Waals surface area contributed by atoms with Gasteiger partial charge < -0.3 is 0 Å². The van der Waals surface area contributed by atoms with E-state index in [1.54, 1.807) is 0 Å². The summed E-state index contributed by atoms with van der Waals surface area (Å²) >= 11 is 0. The zero-order valence-corrected chi connectivity index (χ0v) is 7.99. The molecule has 0 radical (unpaired) electrons. The third-order valence-corrected chi connectivity index (χ3v) is 2.53. The molecule has 0 saturated carbocycles. The Kier molecular flexibility index (Phi) is 3.06. The maximum absolute atomic E-state index is 5.77. The van der Waals surface area contributed by atoms with Crippen LogP contribution in [0.15, 0.2) is 0 Å². The molecule has 0 aromatic rings. The lowest BCUT2D eigenvalue weighted by molar-refractivity contribution is -1.15. The van der Waals surface area contributed by atoms with E-state index in [9.17, 15) is 0 Å². The number of quaternary nitrogens is 1. The first-order chi connectivity index (χ1) is 5.52. The molecular formula is C8H20N3O+. The van der Waals surface area contributed by atoms with Crippen LogP contribution in [0.3, 0.4) is 0 Å². The van der Waals surface area contributed by atoms with Gasteiger partial charge in [-0.25, -0.2) is 0 Å². The highest BCUT2D eigenvalue weighted by Gasteiger charge is 2.32. The quantitative estimate of drug-likeness (QED) is 0.422. The van der Waals surface area contributed by atoms with E-state index in [0.29, 0.717) is 0 Å². The van der Waals surface area contributed by atoms with Gasteiger partial charge in [0.2, 0.25) is 0 Å². The second-order valence-electron chi connectivity index (χ2n) is 3.81. The molecule has 72 valence electrons. The molecule has 1 heterocycles. The third-order valence-electron chi connectivity index (χ3n) is 2.53. The number of nitrogens with two attached hydrogens (primary N) is 2. The second-order valence-corrected chi connectivity index (χ2v) is 3.81. The lowest BCUT2D eigenvalue weighted by Gasteiger charge is -2.33. The summed E-state index contributed by atoms with van der Waals surface area (Å²) in [5.41, 5.74) is 0. The fourth-order valence-corrected chi connectivity index (χ4v) is 1.54. The summed E-state index contributed by atoms with van der Waals surface area (Å²) in [5.74, 6) is 11.5. The van der Waals surface area contributed by atoms with Crippen molar-refractivity contribution in [1.82, 2.24) is 0 Å². The summed E-state index contributed by atoms with van der Waals surface area (Å²) in [5, 5.41) is 0. The predicted octanol–water partition coefficient (Wildman–Crippen LogP) is 0.833. The van der Waals surface area contributed by atoms with E-state index in [-0.39, 0.29) is 17.0 Å². The third kappa shape index (κ3) is 2.42. The monoisotopic (exact) mass is 174 g/mol. The fraction of sp³-hybridized carbons (Fsp3) is 1.00. The summed E-state index contributed by atoms with van der Waals surface area (Å²) in [7, 11) is 0. The van der Waals surface area contributed by atoms with Gasteiger partial charge in [0, 0.05) is 6.42 Å². The zero-order chi connectivity index (χ0) is 9.19. The van der Waals surface area contributed by atoms with E-state index in [2.05, 4.69) is 0 Å². The first-order valence-electron chi connectivity index (χ1n) is 4.66. The lowest BCUT2D eigenvalue weighted by Crippen LogP contribution is -2.66. The minimum absolute atomic E-state index is 0.169. The Hall–Kier alpha value is -0.160. The fourth-order valence-electron chi connectivity index (χ4n) is 1.54.